The van der Waals surface area contributed by atoms with Crippen molar-refractivity contribution in [2.75, 3.05) is 19.7 Å². The molecule has 9 heteroatoms. The van der Waals surface area contributed by atoms with Gasteiger partial charge in [-0.05, 0) is 52.0 Å². The summed E-state index contributed by atoms with van der Waals surface area (Å²) in [6, 6.07) is 4.33. The number of hydrogen-bond acceptors (Lipinski definition) is 3. The van der Waals surface area contributed by atoms with E-state index in [1.165, 1.54) is 12.1 Å². The summed E-state index contributed by atoms with van der Waals surface area (Å²) < 4.78 is 42.7. The molecular weight excluding hydrogens is 462 g/mol. The third-order valence-corrected chi connectivity index (χ3v) is 2.92. The van der Waals surface area contributed by atoms with Crippen LogP contribution in [0.2, 0.25) is 0 Å². The molecule has 0 heterocycles. The molecule has 0 fully saturated rings. The highest BCUT2D eigenvalue weighted by Gasteiger charge is 2.30. The van der Waals surface area contributed by atoms with Gasteiger partial charge in [-0.25, -0.2) is 0 Å². The number of nitrogens with zero attached hydrogens (tertiary/aromatic N) is 1. The third kappa shape index (κ3) is 10.0. The molecule has 0 aliphatic carbocycles. The lowest BCUT2D eigenvalue weighted by atomic mass is 10.1. The molecule has 0 aromatic heterocycles. The number of ether oxygens (including phenoxy) is 1. The van der Waals surface area contributed by atoms with E-state index in [2.05, 4.69) is 15.6 Å². The lowest BCUT2D eigenvalue weighted by Crippen LogP contribution is -2.48. The van der Waals surface area contributed by atoms with Gasteiger partial charge in [0, 0.05) is 12.1 Å². The molecule has 0 amide bonds. The highest BCUT2D eigenvalue weighted by atomic mass is 127. The second-order valence-electron chi connectivity index (χ2n) is 6.58. The van der Waals surface area contributed by atoms with E-state index in [4.69, 9.17) is 4.74 Å². The largest absolute Gasteiger partial charge is 0.491 e. The van der Waals surface area contributed by atoms with Gasteiger partial charge in [0.15, 0.2) is 5.96 Å². The van der Waals surface area contributed by atoms with Gasteiger partial charge in [-0.3, -0.25) is 4.99 Å². The summed E-state index contributed by atoms with van der Waals surface area (Å²) >= 11 is 0. The maximum Gasteiger partial charge on any atom is 0.416 e. The van der Waals surface area contributed by atoms with E-state index in [9.17, 15) is 18.3 Å². The predicted octanol–water partition coefficient (Wildman–Crippen LogP) is 3.42. The van der Waals surface area contributed by atoms with Crippen molar-refractivity contribution in [1.29, 1.82) is 0 Å². The average molecular weight is 489 g/mol. The first-order valence-corrected chi connectivity index (χ1v) is 8.06. The maximum atomic E-state index is 12.5. The number of guanidine groups is 1. The fourth-order valence-electron chi connectivity index (χ4n) is 1.84. The average Bonchev–Trinajstić information content (AvgIpc) is 2.49. The Labute approximate surface area is 169 Å². The first-order chi connectivity index (χ1) is 11.5. The SMILES string of the molecule is CCNC(=NCC(O)COc1ccc(C(F)(F)F)cc1)NC(C)(C)C.I. The van der Waals surface area contributed by atoms with Crippen LogP contribution < -0.4 is 15.4 Å². The Morgan fingerprint density at radius 1 is 1.19 bits per heavy atom. The van der Waals surface area contributed by atoms with Gasteiger partial charge in [0.05, 0.1) is 12.1 Å². The van der Waals surface area contributed by atoms with E-state index in [1.54, 1.807) is 0 Å². The van der Waals surface area contributed by atoms with Crippen LogP contribution in [0, 0.1) is 0 Å². The minimum absolute atomic E-state index is 0. The van der Waals surface area contributed by atoms with Gasteiger partial charge >= 0.3 is 6.18 Å². The highest BCUT2D eigenvalue weighted by molar-refractivity contribution is 14.0. The van der Waals surface area contributed by atoms with Gasteiger partial charge in [-0.1, -0.05) is 0 Å². The van der Waals surface area contributed by atoms with Crippen LogP contribution in [0.4, 0.5) is 13.2 Å². The Bertz CT molecular complexity index is 558. The van der Waals surface area contributed by atoms with E-state index in [0.29, 0.717) is 12.5 Å². The number of aliphatic imine (C=N–C) groups is 1. The Kier molecular flexibility index (Phi) is 10.3. The monoisotopic (exact) mass is 489 g/mol. The van der Waals surface area contributed by atoms with Gasteiger partial charge in [-0.15, -0.1) is 24.0 Å². The molecule has 150 valence electrons. The number of hydrogen-bond donors (Lipinski definition) is 3. The summed E-state index contributed by atoms with van der Waals surface area (Å²) in [7, 11) is 0. The molecule has 26 heavy (non-hydrogen) atoms. The summed E-state index contributed by atoms with van der Waals surface area (Å²) in [5.41, 5.74) is -0.920. The van der Waals surface area contributed by atoms with Crippen LogP contribution in [0.5, 0.6) is 5.75 Å². The van der Waals surface area contributed by atoms with Gasteiger partial charge in [0.2, 0.25) is 0 Å². The lowest BCUT2D eigenvalue weighted by Gasteiger charge is -2.24. The zero-order valence-corrected chi connectivity index (χ0v) is 17.7. The zero-order chi connectivity index (χ0) is 19.1. The van der Waals surface area contributed by atoms with Gasteiger partial charge in [0.1, 0.15) is 18.5 Å². The van der Waals surface area contributed by atoms with Gasteiger partial charge < -0.3 is 20.5 Å². The molecule has 1 rings (SSSR count). The van der Waals surface area contributed by atoms with Crippen molar-refractivity contribution in [2.45, 2.75) is 45.5 Å². The minimum Gasteiger partial charge on any atom is -0.491 e. The van der Waals surface area contributed by atoms with Crippen molar-refractivity contribution in [3.8, 4) is 5.75 Å². The lowest BCUT2D eigenvalue weighted by molar-refractivity contribution is -0.137. The van der Waals surface area contributed by atoms with E-state index in [0.717, 1.165) is 12.1 Å². The molecule has 0 radical (unpaired) electrons. The Morgan fingerprint density at radius 3 is 2.23 bits per heavy atom. The Hall–Kier alpha value is -1.23. The summed E-state index contributed by atoms with van der Waals surface area (Å²) in [6.45, 7) is 8.62. The molecule has 0 aliphatic rings. The fourth-order valence-corrected chi connectivity index (χ4v) is 1.84. The Balaban J connectivity index is 0.00000625. The zero-order valence-electron chi connectivity index (χ0n) is 15.4. The number of aliphatic hydroxyl groups is 1. The van der Waals surface area contributed by atoms with Crippen LogP contribution >= 0.6 is 24.0 Å². The molecule has 1 aromatic carbocycles. The topological polar surface area (TPSA) is 65.9 Å². The van der Waals surface area contributed by atoms with E-state index >= 15 is 0 Å². The molecule has 0 spiro atoms. The second-order valence-corrected chi connectivity index (χ2v) is 6.58. The first-order valence-electron chi connectivity index (χ1n) is 8.06. The molecule has 1 aromatic rings. The molecule has 0 aliphatic heterocycles. The molecule has 5 nitrogen and oxygen atoms in total. The van der Waals surface area contributed by atoms with Gasteiger partial charge in [-0.2, -0.15) is 13.2 Å². The number of nitrogens with one attached hydrogen (secondary N) is 2. The molecule has 3 N–H and O–H groups in total. The van der Waals surface area contributed by atoms with Crippen LogP contribution in [0.25, 0.3) is 0 Å². The standard InChI is InChI=1S/C17H26F3N3O2.HI/c1-5-21-15(23-16(2,3)4)22-10-13(24)11-25-14-8-6-12(7-9-14)17(18,19)20;/h6-9,13,24H,5,10-11H2,1-4H3,(H2,21,22,23);1H. The quantitative estimate of drug-likeness (QED) is 0.326. The number of alkyl halides is 3. The predicted molar refractivity (Wildman–Crippen MR) is 107 cm³/mol. The smallest absolute Gasteiger partial charge is 0.416 e. The van der Waals surface area contributed by atoms with E-state index in [1.807, 2.05) is 27.7 Å². The van der Waals surface area contributed by atoms with Gasteiger partial charge in [0.25, 0.3) is 0 Å². The van der Waals surface area contributed by atoms with Crippen LogP contribution in [0.15, 0.2) is 29.3 Å². The number of aliphatic hydroxyl groups excluding tert-OH is 1. The number of benzene rings is 1. The summed E-state index contributed by atoms with van der Waals surface area (Å²) in [4.78, 5) is 4.27. The van der Waals surface area contributed by atoms with Crippen LogP contribution in [-0.2, 0) is 6.18 Å². The Morgan fingerprint density at radius 2 is 1.77 bits per heavy atom. The third-order valence-electron chi connectivity index (χ3n) is 2.92. The van der Waals surface area contributed by atoms with E-state index in [-0.39, 0.29) is 48.4 Å². The number of halogens is 4. The van der Waals surface area contributed by atoms with E-state index < -0.39 is 17.8 Å². The maximum absolute atomic E-state index is 12.5. The van der Waals surface area contributed by atoms with Crippen LogP contribution in [-0.4, -0.2) is 42.4 Å². The van der Waals surface area contributed by atoms with Crippen LogP contribution in [0.1, 0.15) is 33.3 Å². The summed E-state index contributed by atoms with van der Waals surface area (Å²) in [6.07, 6.45) is -5.26. The second kappa shape index (κ2) is 10.8. The fraction of sp³-hybridized carbons (Fsp3) is 0.588. The molecular formula is C17H27F3IN3O2. The van der Waals surface area contributed by atoms with Crippen molar-refractivity contribution >= 4 is 29.9 Å². The summed E-state index contributed by atoms with van der Waals surface area (Å²) in [5, 5.41) is 16.2. The van der Waals surface area contributed by atoms with Crippen molar-refractivity contribution in [1.82, 2.24) is 10.6 Å². The molecule has 0 saturated carbocycles. The van der Waals surface area contributed by atoms with Crippen molar-refractivity contribution in [3.63, 3.8) is 0 Å². The van der Waals surface area contributed by atoms with Crippen molar-refractivity contribution in [3.05, 3.63) is 29.8 Å². The van der Waals surface area contributed by atoms with Crippen molar-refractivity contribution in [2.24, 2.45) is 4.99 Å². The number of rotatable bonds is 6. The molecule has 1 atom stereocenters. The molecule has 1 unspecified atom stereocenters. The normalized spacial score (nSPS) is 13.6. The summed E-state index contributed by atoms with van der Waals surface area (Å²) in [5.74, 6) is 0.833. The first kappa shape index (κ1) is 24.8. The minimum atomic E-state index is -4.38. The van der Waals surface area contributed by atoms with Crippen LogP contribution in [0.3, 0.4) is 0 Å². The van der Waals surface area contributed by atoms with Crippen molar-refractivity contribution < 1.29 is 23.0 Å². The molecule has 0 saturated heterocycles. The highest BCUT2D eigenvalue weighted by Crippen LogP contribution is 2.30. The molecule has 0 bridgehead atoms.